The van der Waals surface area contributed by atoms with Crippen molar-refractivity contribution in [2.75, 3.05) is 38.7 Å². The van der Waals surface area contributed by atoms with E-state index in [4.69, 9.17) is 9.72 Å². The van der Waals surface area contributed by atoms with Crippen LogP contribution < -0.4 is 5.32 Å². The van der Waals surface area contributed by atoms with E-state index >= 15 is 0 Å². The molecule has 0 atom stereocenters. The maximum absolute atomic E-state index is 12.7. The fourth-order valence-corrected chi connectivity index (χ4v) is 3.67. The number of nitrogens with zero attached hydrogens (tertiary/aromatic N) is 5. The first-order valence-corrected chi connectivity index (χ1v) is 9.90. The summed E-state index contributed by atoms with van der Waals surface area (Å²) in [4.78, 5) is 24.1. The number of likely N-dealkylation sites (tertiary alicyclic amines) is 1. The van der Waals surface area contributed by atoms with Crippen LogP contribution in [0, 0.1) is 5.92 Å². The van der Waals surface area contributed by atoms with Crippen LogP contribution >= 0.6 is 0 Å². The van der Waals surface area contributed by atoms with Crippen LogP contribution in [0.25, 0.3) is 22.2 Å². The monoisotopic (exact) mass is 394 g/mol. The summed E-state index contributed by atoms with van der Waals surface area (Å²) in [6.07, 6.45) is 7.17. The van der Waals surface area contributed by atoms with Gasteiger partial charge in [0.2, 0.25) is 5.91 Å². The molecule has 1 saturated heterocycles. The van der Waals surface area contributed by atoms with Gasteiger partial charge in [-0.2, -0.15) is 5.10 Å². The molecule has 152 valence electrons. The molecule has 0 radical (unpaired) electrons. The minimum atomic E-state index is 0.0148. The molecule has 3 aromatic heterocycles. The van der Waals surface area contributed by atoms with E-state index in [1.807, 2.05) is 31.4 Å². The average Bonchev–Trinajstić information content (AvgIpc) is 3.18. The Morgan fingerprint density at radius 1 is 1.28 bits per heavy atom. The van der Waals surface area contributed by atoms with Crippen molar-refractivity contribution in [3.8, 4) is 11.3 Å². The Bertz CT molecular complexity index is 994. The van der Waals surface area contributed by atoms with Crippen LogP contribution in [0.15, 0.2) is 36.8 Å². The SMILES string of the molecule is COCCN1CCC(C(=O)Nc2cc3nc(-c4cnn(C)c4)ccc3cn2)CC1. The molecule has 0 aliphatic carbocycles. The first-order valence-electron chi connectivity index (χ1n) is 9.90. The van der Waals surface area contributed by atoms with Gasteiger partial charge >= 0.3 is 0 Å². The van der Waals surface area contributed by atoms with Crippen LogP contribution in [0.3, 0.4) is 0 Å². The van der Waals surface area contributed by atoms with E-state index in [0.29, 0.717) is 5.82 Å². The van der Waals surface area contributed by atoms with Crippen LogP contribution in [0.2, 0.25) is 0 Å². The summed E-state index contributed by atoms with van der Waals surface area (Å²) in [7, 11) is 3.59. The Morgan fingerprint density at radius 2 is 2.10 bits per heavy atom. The molecule has 1 amide bonds. The van der Waals surface area contributed by atoms with Gasteiger partial charge in [-0.05, 0) is 38.1 Å². The van der Waals surface area contributed by atoms with Gasteiger partial charge in [-0.1, -0.05) is 0 Å². The molecule has 3 aromatic rings. The highest BCUT2D eigenvalue weighted by molar-refractivity contribution is 5.93. The molecule has 4 heterocycles. The van der Waals surface area contributed by atoms with Crippen molar-refractivity contribution in [1.29, 1.82) is 0 Å². The quantitative estimate of drug-likeness (QED) is 0.691. The number of carbonyl (C=O) groups excluding carboxylic acids is 1. The van der Waals surface area contributed by atoms with Crippen LogP contribution in [-0.4, -0.2) is 63.9 Å². The van der Waals surface area contributed by atoms with Crippen LogP contribution in [0.5, 0.6) is 0 Å². The van der Waals surface area contributed by atoms with E-state index < -0.39 is 0 Å². The van der Waals surface area contributed by atoms with Gasteiger partial charge in [0.25, 0.3) is 0 Å². The second-order valence-corrected chi connectivity index (χ2v) is 7.46. The number of hydrogen-bond donors (Lipinski definition) is 1. The number of nitrogens with one attached hydrogen (secondary N) is 1. The number of pyridine rings is 2. The number of fused-ring (bicyclic) bond motifs is 1. The van der Waals surface area contributed by atoms with Crippen molar-refractivity contribution in [3.63, 3.8) is 0 Å². The lowest BCUT2D eigenvalue weighted by Crippen LogP contribution is -2.39. The highest BCUT2D eigenvalue weighted by Crippen LogP contribution is 2.23. The van der Waals surface area contributed by atoms with E-state index in [9.17, 15) is 4.79 Å². The minimum absolute atomic E-state index is 0.0148. The largest absolute Gasteiger partial charge is 0.383 e. The Labute approximate surface area is 169 Å². The van der Waals surface area contributed by atoms with Gasteiger partial charge in [-0.25, -0.2) is 9.97 Å². The summed E-state index contributed by atoms with van der Waals surface area (Å²) in [5, 5.41) is 8.11. The molecule has 1 fully saturated rings. The molecular weight excluding hydrogens is 368 g/mol. The van der Waals surface area contributed by atoms with Crippen LogP contribution in [0.4, 0.5) is 5.82 Å². The Hall–Kier alpha value is -2.84. The van der Waals surface area contributed by atoms with Crippen molar-refractivity contribution in [1.82, 2.24) is 24.6 Å². The highest BCUT2D eigenvalue weighted by atomic mass is 16.5. The maximum atomic E-state index is 12.7. The third-order valence-corrected chi connectivity index (χ3v) is 5.40. The molecule has 1 aliphatic rings. The molecule has 1 N–H and O–H groups in total. The number of ether oxygens (including phenoxy) is 1. The zero-order valence-electron chi connectivity index (χ0n) is 16.8. The number of rotatable bonds is 6. The molecule has 1 aliphatic heterocycles. The van der Waals surface area contributed by atoms with Crippen molar-refractivity contribution >= 4 is 22.6 Å². The number of anilines is 1. The van der Waals surface area contributed by atoms with Gasteiger partial charge in [-0.15, -0.1) is 0 Å². The lowest BCUT2D eigenvalue weighted by Gasteiger charge is -2.30. The van der Waals surface area contributed by atoms with Gasteiger partial charge < -0.3 is 15.0 Å². The number of hydrogen-bond acceptors (Lipinski definition) is 6. The predicted molar refractivity (Wildman–Crippen MR) is 111 cm³/mol. The van der Waals surface area contributed by atoms with Gasteiger partial charge in [0, 0.05) is 56.0 Å². The molecule has 29 heavy (non-hydrogen) atoms. The van der Waals surface area contributed by atoms with Crippen molar-refractivity contribution in [2.24, 2.45) is 13.0 Å². The summed E-state index contributed by atoms with van der Waals surface area (Å²) < 4.78 is 6.88. The number of aromatic nitrogens is 4. The number of methoxy groups -OCH3 is 1. The van der Waals surface area contributed by atoms with E-state index in [1.165, 1.54) is 0 Å². The third-order valence-electron chi connectivity index (χ3n) is 5.40. The normalized spacial score (nSPS) is 15.7. The molecule has 0 saturated carbocycles. The molecule has 0 unspecified atom stereocenters. The molecule has 4 rings (SSSR count). The van der Waals surface area contributed by atoms with E-state index in [2.05, 4.69) is 20.3 Å². The summed E-state index contributed by atoms with van der Waals surface area (Å²) in [5.41, 5.74) is 2.60. The smallest absolute Gasteiger partial charge is 0.228 e. The fraction of sp³-hybridized carbons (Fsp3) is 0.429. The molecule has 8 nitrogen and oxygen atoms in total. The predicted octanol–water partition coefficient (Wildman–Crippen LogP) is 2.33. The Kier molecular flexibility index (Phi) is 5.82. The molecule has 0 aromatic carbocycles. The van der Waals surface area contributed by atoms with Crippen LogP contribution in [-0.2, 0) is 16.6 Å². The van der Waals surface area contributed by atoms with Gasteiger partial charge in [-0.3, -0.25) is 9.48 Å². The second kappa shape index (κ2) is 8.67. The Balaban J connectivity index is 1.43. The summed E-state index contributed by atoms with van der Waals surface area (Å²) in [5.74, 6) is 0.591. The number of aryl methyl sites for hydroxylation is 1. The van der Waals surface area contributed by atoms with E-state index in [1.54, 1.807) is 24.2 Å². The second-order valence-electron chi connectivity index (χ2n) is 7.46. The first kappa shape index (κ1) is 19.5. The van der Waals surface area contributed by atoms with Gasteiger partial charge in [0.05, 0.1) is 24.0 Å². The summed E-state index contributed by atoms with van der Waals surface area (Å²) >= 11 is 0. The molecule has 0 spiro atoms. The maximum Gasteiger partial charge on any atom is 0.228 e. The lowest BCUT2D eigenvalue weighted by atomic mass is 9.96. The summed E-state index contributed by atoms with van der Waals surface area (Å²) in [6.45, 7) is 3.49. The van der Waals surface area contributed by atoms with Crippen molar-refractivity contribution in [3.05, 3.63) is 36.8 Å². The highest BCUT2D eigenvalue weighted by Gasteiger charge is 2.25. The first-order chi connectivity index (χ1) is 14.1. The lowest BCUT2D eigenvalue weighted by molar-refractivity contribution is -0.121. The molecule has 0 bridgehead atoms. The minimum Gasteiger partial charge on any atom is -0.383 e. The summed E-state index contributed by atoms with van der Waals surface area (Å²) in [6, 6.07) is 5.77. The van der Waals surface area contributed by atoms with Gasteiger partial charge in [0.1, 0.15) is 5.82 Å². The van der Waals surface area contributed by atoms with Gasteiger partial charge in [0.15, 0.2) is 0 Å². The third kappa shape index (κ3) is 4.60. The van der Waals surface area contributed by atoms with E-state index in [-0.39, 0.29) is 11.8 Å². The zero-order chi connectivity index (χ0) is 20.2. The van der Waals surface area contributed by atoms with E-state index in [0.717, 1.165) is 61.2 Å². The van der Waals surface area contributed by atoms with Crippen molar-refractivity contribution < 1.29 is 9.53 Å². The Morgan fingerprint density at radius 3 is 2.83 bits per heavy atom. The molecule has 8 heteroatoms. The fourth-order valence-electron chi connectivity index (χ4n) is 3.67. The zero-order valence-corrected chi connectivity index (χ0v) is 16.8. The standard InChI is InChI=1S/C21H26N6O2/c1-26-14-17(13-23-26)18-4-3-16-12-22-20(11-19(16)24-18)25-21(28)15-5-7-27(8-6-15)9-10-29-2/h3-4,11-15H,5-10H2,1-2H3,(H,22,25,28). The molecular formula is C21H26N6O2. The average molecular weight is 394 g/mol. The van der Waals surface area contributed by atoms with Crippen molar-refractivity contribution in [2.45, 2.75) is 12.8 Å². The number of carbonyl (C=O) groups is 1. The topological polar surface area (TPSA) is 85.2 Å². The number of piperidine rings is 1. The van der Waals surface area contributed by atoms with Crippen LogP contribution in [0.1, 0.15) is 12.8 Å². The number of amides is 1.